The van der Waals surface area contributed by atoms with Crippen LogP contribution in [0, 0.1) is 0 Å². The van der Waals surface area contributed by atoms with Crippen molar-refractivity contribution in [3.05, 3.63) is 69.4 Å². The molecule has 4 aromatic carbocycles. The van der Waals surface area contributed by atoms with Crippen molar-refractivity contribution in [1.82, 2.24) is 0 Å². The van der Waals surface area contributed by atoms with E-state index in [2.05, 4.69) is 63.8 Å². The number of fused-ring (bicyclic) bond motifs is 18. The van der Waals surface area contributed by atoms with Crippen LogP contribution in [0.15, 0.2) is 63.8 Å². The van der Waals surface area contributed by atoms with Gasteiger partial charge in [-0.15, -0.1) is 56.7 Å². The Labute approximate surface area is 238 Å². The Kier molecular flexibility index (Phi) is 4.98. The van der Waals surface area contributed by atoms with Crippen LogP contribution >= 0.6 is 56.7 Å². The third-order valence-corrected chi connectivity index (χ3v) is 12.3. The highest BCUT2D eigenvalue weighted by Gasteiger charge is 2.25. The van der Waals surface area contributed by atoms with Crippen LogP contribution in [-0.2, 0) is 0 Å². The Bertz CT molecular complexity index is 2340. The maximum atomic E-state index is 7.15. The molecule has 0 amide bonds. The Morgan fingerprint density at radius 3 is 1.34 bits per heavy atom. The lowest BCUT2D eigenvalue weighted by Gasteiger charge is -2.18. The smallest absolute Gasteiger partial charge is 0.0488 e. The predicted octanol–water partition coefficient (Wildman–Crippen LogP) is 12.5. The first kappa shape index (κ1) is 22.9. The van der Waals surface area contributed by atoms with Gasteiger partial charge in [-0.1, -0.05) is 26.5 Å². The van der Waals surface area contributed by atoms with E-state index in [1.165, 1.54) is 82.7 Å². The number of hydrogen-bond acceptors (Lipinski definition) is 6. The molecule has 0 spiro atoms. The minimum atomic E-state index is 0.848. The Hall–Kier alpha value is -3.00. The zero-order valence-electron chi connectivity index (χ0n) is 20.7. The van der Waals surface area contributed by atoms with Crippen LogP contribution in [0.5, 0.6) is 0 Å². The summed E-state index contributed by atoms with van der Waals surface area (Å²) >= 11 is 9.15. The predicted molar refractivity (Wildman–Crippen MR) is 182 cm³/mol. The summed E-state index contributed by atoms with van der Waals surface area (Å²) in [6.45, 7) is 8.17. The largest absolute Gasteiger partial charge is 0.398 e. The lowest BCUT2D eigenvalue weighted by Crippen LogP contribution is -1.95. The molecule has 0 fully saturated rings. The SMILES string of the molecule is C=Cc1c(N)c2c(c3ccsc13)c1c3sccc3c3sccc3c1c1c3sccc3c3sccc3c21.CC. The van der Waals surface area contributed by atoms with Crippen molar-refractivity contribution in [2.75, 3.05) is 5.73 Å². The quantitative estimate of drug-likeness (QED) is 0.152. The molecule has 0 radical (unpaired) electrons. The van der Waals surface area contributed by atoms with Crippen molar-refractivity contribution < 1.29 is 0 Å². The number of nitrogen functional groups attached to an aromatic ring is 1. The second-order valence-corrected chi connectivity index (χ2v) is 13.7. The summed E-state index contributed by atoms with van der Waals surface area (Å²) in [5.74, 6) is 0. The molecule has 0 aliphatic rings. The number of benzene rings is 4. The summed E-state index contributed by atoms with van der Waals surface area (Å²) in [6.07, 6.45) is 1.95. The van der Waals surface area contributed by atoms with Gasteiger partial charge in [0.05, 0.1) is 0 Å². The third kappa shape index (κ3) is 2.65. The maximum absolute atomic E-state index is 7.15. The van der Waals surface area contributed by atoms with Crippen LogP contribution in [0.3, 0.4) is 0 Å². The number of hydrogen-bond donors (Lipinski definition) is 1. The van der Waals surface area contributed by atoms with Gasteiger partial charge in [-0.25, -0.2) is 0 Å². The second-order valence-electron chi connectivity index (χ2n) is 9.10. The normalized spacial score (nSPS) is 12.2. The number of thiophene rings is 5. The molecule has 0 atom stereocenters. The average molecular weight is 580 g/mol. The van der Waals surface area contributed by atoms with Crippen molar-refractivity contribution in [2.24, 2.45) is 0 Å². The maximum Gasteiger partial charge on any atom is 0.0488 e. The first-order valence-electron chi connectivity index (χ1n) is 12.5. The van der Waals surface area contributed by atoms with Gasteiger partial charge in [0.15, 0.2) is 0 Å². The molecule has 1 nitrogen and oxygen atoms in total. The van der Waals surface area contributed by atoms with E-state index in [0.717, 1.165) is 11.3 Å². The summed E-state index contributed by atoms with van der Waals surface area (Å²) < 4.78 is 6.68. The minimum absolute atomic E-state index is 0.848. The van der Waals surface area contributed by atoms with Crippen molar-refractivity contribution in [3.63, 3.8) is 0 Å². The van der Waals surface area contributed by atoms with Crippen LogP contribution in [0.4, 0.5) is 5.69 Å². The molecular formula is C32H21NS5. The Morgan fingerprint density at radius 1 is 0.500 bits per heavy atom. The molecule has 9 aromatic rings. The summed E-state index contributed by atoms with van der Waals surface area (Å²) in [6, 6.07) is 11.5. The van der Waals surface area contributed by atoms with Gasteiger partial charge >= 0.3 is 0 Å². The molecule has 0 bridgehead atoms. The minimum Gasteiger partial charge on any atom is -0.398 e. The molecule has 0 saturated carbocycles. The summed E-state index contributed by atoms with van der Waals surface area (Å²) in [5.41, 5.74) is 9.06. The van der Waals surface area contributed by atoms with E-state index in [-0.39, 0.29) is 0 Å². The zero-order chi connectivity index (χ0) is 25.7. The molecule has 0 saturated heterocycles. The fourth-order valence-corrected chi connectivity index (χ4v) is 11.1. The molecule has 5 heterocycles. The van der Waals surface area contributed by atoms with Gasteiger partial charge < -0.3 is 5.73 Å². The molecule has 6 heteroatoms. The number of nitrogens with two attached hydrogens (primary N) is 1. The van der Waals surface area contributed by atoms with Gasteiger partial charge in [0.25, 0.3) is 0 Å². The van der Waals surface area contributed by atoms with E-state index >= 15 is 0 Å². The van der Waals surface area contributed by atoms with Gasteiger partial charge in [-0.05, 0) is 57.2 Å². The van der Waals surface area contributed by atoms with E-state index < -0.39 is 0 Å². The molecule has 0 aliphatic carbocycles. The van der Waals surface area contributed by atoms with Crippen LogP contribution in [0.25, 0.3) is 88.8 Å². The van der Waals surface area contributed by atoms with Gasteiger partial charge in [-0.3, -0.25) is 0 Å². The lowest BCUT2D eigenvalue weighted by atomic mass is 9.87. The number of rotatable bonds is 1. The lowest BCUT2D eigenvalue weighted by molar-refractivity contribution is 1.50. The fraction of sp³-hybridized carbons (Fsp3) is 0.0625. The molecule has 5 aromatic heterocycles. The van der Waals surface area contributed by atoms with E-state index in [4.69, 9.17) is 5.73 Å². The van der Waals surface area contributed by atoms with Crippen molar-refractivity contribution in [2.45, 2.75) is 13.8 Å². The molecule has 9 rings (SSSR count). The van der Waals surface area contributed by atoms with Gasteiger partial charge in [0.1, 0.15) is 0 Å². The first-order valence-corrected chi connectivity index (χ1v) is 16.9. The van der Waals surface area contributed by atoms with E-state index in [0.29, 0.717) is 0 Å². The van der Waals surface area contributed by atoms with E-state index in [1.54, 1.807) is 11.3 Å². The average Bonchev–Trinajstić information content (AvgIpc) is 3.77. The topological polar surface area (TPSA) is 26.0 Å². The Balaban J connectivity index is 0.00000110. The fourth-order valence-electron chi connectivity index (χ4n) is 6.25. The first-order chi connectivity index (χ1) is 18.8. The van der Waals surface area contributed by atoms with Gasteiger partial charge in [-0.2, -0.15) is 0 Å². The van der Waals surface area contributed by atoms with Crippen molar-refractivity contribution >= 4 is 151 Å². The Morgan fingerprint density at radius 2 is 0.868 bits per heavy atom. The zero-order valence-corrected chi connectivity index (χ0v) is 24.8. The van der Waals surface area contributed by atoms with Crippen molar-refractivity contribution in [3.8, 4) is 0 Å². The summed E-state index contributed by atoms with van der Waals surface area (Å²) in [4.78, 5) is 0. The molecular weight excluding hydrogens is 559 g/mol. The highest BCUT2D eigenvalue weighted by Crippen LogP contribution is 2.55. The van der Waals surface area contributed by atoms with Crippen molar-refractivity contribution in [1.29, 1.82) is 0 Å². The molecule has 0 unspecified atom stereocenters. The third-order valence-electron chi connectivity index (χ3n) is 7.59. The van der Waals surface area contributed by atoms with Gasteiger partial charge in [0, 0.05) is 94.0 Å². The van der Waals surface area contributed by atoms with Gasteiger partial charge in [0.2, 0.25) is 0 Å². The standard InChI is InChI=1S/C30H15NS5.C2H6/c1-2-13-25(31)22-19(14-3-8-32-26(13)14)23-21(16-5-10-34-28(16)18-7-12-36-30(18)23)24-20(22)15-4-9-33-27(15)17-6-11-35-29(17)24;1-2/h2-12H,1,31H2;1-2H3. The molecule has 0 aliphatic heterocycles. The van der Waals surface area contributed by atoms with E-state index in [1.807, 2.05) is 65.3 Å². The van der Waals surface area contributed by atoms with Crippen LogP contribution in [-0.4, -0.2) is 0 Å². The highest BCUT2D eigenvalue weighted by atomic mass is 32.1. The molecule has 184 valence electrons. The van der Waals surface area contributed by atoms with Crippen LogP contribution in [0.2, 0.25) is 0 Å². The second kappa shape index (κ2) is 8.25. The number of anilines is 1. The monoisotopic (exact) mass is 579 g/mol. The molecule has 2 N–H and O–H groups in total. The van der Waals surface area contributed by atoms with Crippen LogP contribution in [0.1, 0.15) is 19.4 Å². The highest BCUT2D eigenvalue weighted by molar-refractivity contribution is 7.23. The summed E-state index contributed by atoms with van der Waals surface area (Å²) in [5, 5.41) is 25.7. The van der Waals surface area contributed by atoms with Crippen LogP contribution < -0.4 is 5.73 Å². The summed E-state index contributed by atoms with van der Waals surface area (Å²) in [7, 11) is 0. The van der Waals surface area contributed by atoms with E-state index in [9.17, 15) is 0 Å². The molecule has 38 heavy (non-hydrogen) atoms.